The van der Waals surface area contributed by atoms with E-state index in [2.05, 4.69) is 13.8 Å². The summed E-state index contributed by atoms with van der Waals surface area (Å²) < 4.78 is 11.6. The SMILES string of the molecule is CC(C)CCS(=O)C(C)C(C)C(=O)O. The lowest BCUT2D eigenvalue weighted by atomic mass is 10.1. The van der Waals surface area contributed by atoms with Crippen LogP contribution in [0.3, 0.4) is 0 Å². The summed E-state index contributed by atoms with van der Waals surface area (Å²) in [5, 5.41) is 8.49. The Morgan fingerprint density at radius 3 is 2.14 bits per heavy atom. The second-order valence-electron chi connectivity index (χ2n) is 4.10. The Balaban J connectivity index is 4.05. The summed E-state index contributed by atoms with van der Waals surface area (Å²) in [5.41, 5.74) is 0. The minimum absolute atomic E-state index is 0.258. The van der Waals surface area contributed by atoms with Crippen molar-refractivity contribution in [3.05, 3.63) is 0 Å². The largest absolute Gasteiger partial charge is 0.481 e. The Kier molecular flexibility index (Phi) is 6.00. The topological polar surface area (TPSA) is 54.4 Å². The molecule has 0 aromatic carbocycles. The van der Waals surface area contributed by atoms with E-state index < -0.39 is 22.7 Å². The van der Waals surface area contributed by atoms with E-state index in [0.717, 1.165) is 6.42 Å². The lowest BCUT2D eigenvalue weighted by Gasteiger charge is -2.15. The van der Waals surface area contributed by atoms with Crippen LogP contribution >= 0.6 is 0 Å². The molecule has 14 heavy (non-hydrogen) atoms. The predicted octanol–water partition coefficient (Wildman–Crippen LogP) is 1.89. The molecule has 84 valence electrons. The second kappa shape index (κ2) is 6.17. The van der Waals surface area contributed by atoms with Gasteiger partial charge < -0.3 is 5.11 Å². The molecule has 0 aliphatic rings. The molecule has 0 rings (SSSR count). The zero-order chi connectivity index (χ0) is 11.3. The molecule has 0 amide bonds. The normalized spacial score (nSPS) is 17.8. The summed E-state index contributed by atoms with van der Waals surface area (Å²) in [6.45, 7) is 7.50. The molecule has 4 heteroatoms. The first-order valence-electron chi connectivity index (χ1n) is 4.96. The third kappa shape index (κ3) is 4.74. The van der Waals surface area contributed by atoms with Crippen molar-refractivity contribution < 1.29 is 14.1 Å². The van der Waals surface area contributed by atoms with Gasteiger partial charge in [-0.3, -0.25) is 9.00 Å². The molecule has 1 N–H and O–H groups in total. The van der Waals surface area contributed by atoms with E-state index in [1.54, 1.807) is 13.8 Å². The Bertz CT molecular complexity index is 213. The molecule has 3 nitrogen and oxygen atoms in total. The predicted molar refractivity (Wildman–Crippen MR) is 58.7 cm³/mol. The molecule has 0 aliphatic carbocycles. The molecule has 0 aromatic rings. The summed E-state index contributed by atoms with van der Waals surface area (Å²) in [6, 6.07) is 0. The van der Waals surface area contributed by atoms with Gasteiger partial charge in [-0.2, -0.15) is 0 Å². The van der Waals surface area contributed by atoms with Crippen LogP contribution in [-0.2, 0) is 15.6 Å². The highest BCUT2D eigenvalue weighted by atomic mass is 32.2. The first kappa shape index (κ1) is 13.6. The maximum absolute atomic E-state index is 11.6. The van der Waals surface area contributed by atoms with Gasteiger partial charge in [0.05, 0.1) is 5.92 Å². The molecule has 0 bridgehead atoms. The second-order valence-corrected chi connectivity index (χ2v) is 6.01. The molecule has 3 atom stereocenters. The minimum Gasteiger partial charge on any atom is -0.481 e. The molecule has 0 aromatic heterocycles. The van der Waals surface area contributed by atoms with Gasteiger partial charge in [0.25, 0.3) is 0 Å². The van der Waals surface area contributed by atoms with Crippen molar-refractivity contribution in [3.8, 4) is 0 Å². The summed E-state index contributed by atoms with van der Waals surface area (Å²) >= 11 is 0. The zero-order valence-electron chi connectivity index (χ0n) is 9.32. The number of carbonyl (C=O) groups is 1. The maximum Gasteiger partial charge on any atom is 0.307 e. The van der Waals surface area contributed by atoms with Crippen LogP contribution in [0.1, 0.15) is 34.1 Å². The van der Waals surface area contributed by atoms with E-state index in [1.165, 1.54) is 0 Å². The Morgan fingerprint density at radius 2 is 1.79 bits per heavy atom. The summed E-state index contributed by atoms with van der Waals surface area (Å²) in [6.07, 6.45) is 0.892. The smallest absolute Gasteiger partial charge is 0.307 e. The number of hydrogen-bond acceptors (Lipinski definition) is 2. The molecule has 3 unspecified atom stereocenters. The fraction of sp³-hybridized carbons (Fsp3) is 0.900. The minimum atomic E-state index is -1.02. The molecular formula is C10H20O3S. The first-order valence-corrected chi connectivity index (χ1v) is 6.34. The quantitative estimate of drug-likeness (QED) is 0.743. The standard InChI is InChI=1S/C10H20O3S/c1-7(2)5-6-14(13)9(4)8(3)10(11)12/h7-9H,5-6H2,1-4H3,(H,11,12). The summed E-state index contributed by atoms with van der Waals surface area (Å²) in [5.74, 6) is -0.263. The van der Waals surface area contributed by atoms with Crippen molar-refractivity contribution in [3.63, 3.8) is 0 Å². The third-order valence-electron chi connectivity index (χ3n) is 2.40. The molecule has 0 aliphatic heterocycles. The van der Waals surface area contributed by atoms with E-state index in [4.69, 9.17) is 5.11 Å². The highest BCUT2D eigenvalue weighted by molar-refractivity contribution is 7.85. The van der Waals surface area contributed by atoms with Crippen LogP contribution in [0, 0.1) is 11.8 Å². The van der Waals surface area contributed by atoms with Crippen LogP contribution in [0.2, 0.25) is 0 Å². The van der Waals surface area contributed by atoms with Gasteiger partial charge in [-0.05, 0) is 19.3 Å². The van der Waals surface area contributed by atoms with Gasteiger partial charge in [0, 0.05) is 21.8 Å². The van der Waals surface area contributed by atoms with Crippen molar-refractivity contribution in [1.82, 2.24) is 0 Å². The van der Waals surface area contributed by atoms with Crippen LogP contribution in [0.4, 0.5) is 0 Å². The van der Waals surface area contributed by atoms with Crippen molar-refractivity contribution >= 4 is 16.8 Å². The zero-order valence-corrected chi connectivity index (χ0v) is 10.1. The van der Waals surface area contributed by atoms with Gasteiger partial charge in [0.15, 0.2) is 0 Å². The van der Waals surface area contributed by atoms with Gasteiger partial charge in [-0.1, -0.05) is 20.8 Å². The Labute approximate surface area is 88.4 Å². The van der Waals surface area contributed by atoms with E-state index in [-0.39, 0.29) is 5.25 Å². The number of rotatable bonds is 6. The van der Waals surface area contributed by atoms with Crippen LogP contribution in [0.25, 0.3) is 0 Å². The molecule has 0 radical (unpaired) electrons. The molecule has 0 saturated heterocycles. The Morgan fingerprint density at radius 1 is 1.29 bits per heavy atom. The first-order chi connectivity index (χ1) is 6.36. The monoisotopic (exact) mass is 220 g/mol. The molecular weight excluding hydrogens is 200 g/mol. The fourth-order valence-electron chi connectivity index (χ4n) is 0.966. The molecule has 0 fully saturated rings. The summed E-state index contributed by atoms with van der Waals surface area (Å²) in [4.78, 5) is 10.6. The van der Waals surface area contributed by atoms with Crippen LogP contribution in [-0.4, -0.2) is 26.3 Å². The maximum atomic E-state index is 11.6. The van der Waals surface area contributed by atoms with E-state index in [0.29, 0.717) is 11.7 Å². The third-order valence-corrected chi connectivity index (χ3v) is 4.28. The van der Waals surface area contributed by atoms with Crippen LogP contribution in [0.5, 0.6) is 0 Å². The van der Waals surface area contributed by atoms with Gasteiger partial charge >= 0.3 is 5.97 Å². The highest BCUT2D eigenvalue weighted by Crippen LogP contribution is 2.12. The Hall–Kier alpha value is -0.380. The lowest BCUT2D eigenvalue weighted by Crippen LogP contribution is -2.28. The van der Waals surface area contributed by atoms with Crippen molar-refractivity contribution in [2.75, 3.05) is 5.75 Å². The molecule has 0 spiro atoms. The average molecular weight is 220 g/mol. The summed E-state index contributed by atoms with van der Waals surface area (Å²) in [7, 11) is -1.02. The van der Waals surface area contributed by atoms with Crippen LogP contribution < -0.4 is 0 Å². The fourth-order valence-corrected chi connectivity index (χ4v) is 2.61. The van der Waals surface area contributed by atoms with Gasteiger partial charge in [0.1, 0.15) is 0 Å². The average Bonchev–Trinajstić information content (AvgIpc) is 2.11. The van der Waals surface area contributed by atoms with Crippen molar-refractivity contribution in [2.45, 2.75) is 39.4 Å². The highest BCUT2D eigenvalue weighted by Gasteiger charge is 2.24. The van der Waals surface area contributed by atoms with Crippen LogP contribution in [0.15, 0.2) is 0 Å². The van der Waals surface area contributed by atoms with Gasteiger partial charge in [-0.25, -0.2) is 0 Å². The van der Waals surface area contributed by atoms with Crippen molar-refractivity contribution in [1.29, 1.82) is 0 Å². The number of carboxylic acid groups (broad SMARTS) is 1. The molecule has 0 heterocycles. The van der Waals surface area contributed by atoms with Gasteiger partial charge in [0.2, 0.25) is 0 Å². The van der Waals surface area contributed by atoms with Gasteiger partial charge in [-0.15, -0.1) is 0 Å². The van der Waals surface area contributed by atoms with Crippen molar-refractivity contribution in [2.24, 2.45) is 11.8 Å². The van der Waals surface area contributed by atoms with E-state index in [9.17, 15) is 9.00 Å². The lowest BCUT2D eigenvalue weighted by molar-refractivity contribution is -0.141. The molecule has 0 saturated carbocycles. The van der Waals surface area contributed by atoms with E-state index in [1.807, 2.05) is 0 Å². The number of hydrogen-bond donors (Lipinski definition) is 1. The number of carboxylic acids is 1. The van der Waals surface area contributed by atoms with E-state index >= 15 is 0 Å². The number of aliphatic carboxylic acids is 1.